The van der Waals surface area contributed by atoms with Crippen molar-refractivity contribution in [3.63, 3.8) is 0 Å². The molecule has 154 valence electrons. The zero-order valence-corrected chi connectivity index (χ0v) is 16.3. The smallest absolute Gasteiger partial charge is 0.408 e. The third-order valence-corrected chi connectivity index (χ3v) is 6.41. The van der Waals surface area contributed by atoms with E-state index in [-0.39, 0.29) is 18.4 Å². The van der Waals surface area contributed by atoms with Gasteiger partial charge in [-0.2, -0.15) is 0 Å². The van der Waals surface area contributed by atoms with Crippen LogP contribution in [0.1, 0.15) is 36.3 Å². The van der Waals surface area contributed by atoms with Gasteiger partial charge in [0.15, 0.2) is 0 Å². The monoisotopic (exact) mass is 406 g/mol. The third-order valence-electron chi connectivity index (χ3n) is 6.41. The van der Waals surface area contributed by atoms with Gasteiger partial charge >= 0.3 is 12.1 Å². The Labute approximate surface area is 173 Å². The molecule has 1 aliphatic heterocycles. The molecule has 2 aromatic rings. The molecule has 7 heteroatoms. The van der Waals surface area contributed by atoms with Crippen LogP contribution in [0.5, 0.6) is 0 Å². The first-order valence-electron chi connectivity index (χ1n) is 10.2. The lowest BCUT2D eigenvalue weighted by Crippen LogP contribution is -2.61. The number of nitrogens with zero attached hydrogens (tertiary/aromatic N) is 1. The van der Waals surface area contributed by atoms with Gasteiger partial charge in [-0.25, -0.2) is 9.59 Å². The average Bonchev–Trinajstić information content (AvgIpc) is 3.41. The molecule has 2 aromatic carbocycles. The lowest BCUT2D eigenvalue weighted by atomic mass is 9.98. The lowest BCUT2D eigenvalue weighted by Gasteiger charge is -2.40. The highest BCUT2D eigenvalue weighted by molar-refractivity contribution is 5.96. The molecule has 1 heterocycles. The highest BCUT2D eigenvalue weighted by atomic mass is 16.5. The van der Waals surface area contributed by atoms with Crippen molar-refractivity contribution in [3.8, 4) is 11.1 Å². The molecule has 0 aromatic heterocycles. The van der Waals surface area contributed by atoms with E-state index < -0.39 is 23.6 Å². The number of carboxylic acid groups (broad SMARTS) is 1. The fraction of sp³-hybridized carbons (Fsp3) is 0.348. The summed E-state index contributed by atoms with van der Waals surface area (Å²) in [6, 6.07) is 15.4. The van der Waals surface area contributed by atoms with Crippen molar-refractivity contribution in [2.24, 2.45) is 0 Å². The Bertz CT molecular complexity index is 1000. The maximum Gasteiger partial charge on any atom is 0.408 e. The number of rotatable bonds is 5. The molecule has 1 unspecified atom stereocenters. The number of likely N-dealkylation sites (tertiary alicyclic amines) is 1. The summed E-state index contributed by atoms with van der Waals surface area (Å²) >= 11 is 0. The van der Waals surface area contributed by atoms with Crippen molar-refractivity contribution in [3.05, 3.63) is 59.7 Å². The molecular formula is C23H22N2O5. The molecule has 0 bridgehead atoms. The van der Waals surface area contributed by atoms with Crippen molar-refractivity contribution in [1.29, 1.82) is 0 Å². The number of carboxylic acids is 1. The number of fused-ring (bicyclic) bond motifs is 3. The number of alkyl carbamates (subject to hydrolysis) is 1. The van der Waals surface area contributed by atoms with Gasteiger partial charge in [-0.15, -0.1) is 0 Å². The van der Waals surface area contributed by atoms with E-state index in [0.717, 1.165) is 22.3 Å². The van der Waals surface area contributed by atoms with Crippen molar-refractivity contribution >= 4 is 18.0 Å². The van der Waals surface area contributed by atoms with Gasteiger partial charge in [0.25, 0.3) is 0 Å². The summed E-state index contributed by atoms with van der Waals surface area (Å²) in [5.41, 5.74) is 3.51. The van der Waals surface area contributed by atoms with E-state index in [2.05, 4.69) is 17.4 Å². The number of carbonyl (C=O) groups is 3. The summed E-state index contributed by atoms with van der Waals surface area (Å²) in [5.74, 6) is -1.39. The number of hydrogen-bond donors (Lipinski definition) is 2. The minimum atomic E-state index is -1.02. The molecule has 2 amide bonds. The number of carbonyl (C=O) groups excluding carboxylic acids is 2. The van der Waals surface area contributed by atoms with Gasteiger partial charge in [-0.05, 0) is 41.5 Å². The van der Waals surface area contributed by atoms with Crippen molar-refractivity contribution in [2.75, 3.05) is 13.2 Å². The highest BCUT2D eigenvalue weighted by Gasteiger charge is 2.56. The number of aliphatic carboxylic acids is 1. The molecule has 30 heavy (non-hydrogen) atoms. The van der Waals surface area contributed by atoms with Crippen LogP contribution in [-0.4, -0.2) is 52.7 Å². The Morgan fingerprint density at radius 1 is 1.03 bits per heavy atom. The summed E-state index contributed by atoms with van der Waals surface area (Å²) in [7, 11) is 0. The first-order valence-corrected chi connectivity index (χ1v) is 10.2. The minimum Gasteiger partial charge on any atom is -0.480 e. The Hall–Kier alpha value is -3.35. The van der Waals surface area contributed by atoms with Gasteiger partial charge in [-0.1, -0.05) is 48.5 Å². The van der Waals surface area contributed by atoms with Crippen LogP contribution in [0.3, 0.4) is 0 Å². The van der Waals surface area contributed by atoms with Crippen LogP contribution in [0.25, 0.3) is 11.1 Å². The Morgan fingerprint density at radius 3 is 2.13 bits per heavy atom. The summed E-state index contributed by atoms with van der Waals surface area (Å²) in [6.07, 6.45) is 0.801. The minimum absolute atomic E-state index is 0.0548. The molecule has 2 aliphatic carbocycles. The van der Waals surface area contributed by atoms with Gasteiger partial charge in [0.1, 0.15) is 18.2 Å². The topological polar surface area (TPSA) is 95.9 Å². The molecule has 2 fully saturated rings. The van der Waals surface area contributed by atoms with Gasteiger partial charge < -0.3 is 20.1 Å². The SMILES string of the molecule is O=C(NC1(C(=O)N2CCC2C(=O)O)CC1)OCC1c2ccccc2-c2ccccc21. The van der Waals surface area contributed by atoms with Crippen LogP contribution in [0.2, 0.25) is 0 Å². The van der Waals surface area contributed by atoms with Gasteiger partial charge in [0.2, 0.25) is 5.91 Å². The number of amides is 2. The molecule has 1 saturated heterocycles. The molecule has 7 nitrogen and oxygen atoms in total. The van der Waals surface area contributed by atoms with Crippen LogP contribution in [0.15, 0.2) is 48.5 Å². The lowest BCUT2D eigenvalue weighted by molar-refractivity contribution is -0.158. The number of benzene rings is 2. The predicted molar refractivity (Wildman–Crippen MR) is 108 cm³/mol. The first kappa shape index (κ1) is 18.7. The fourth-order valence-corrected chi connectivity index (χ4v) is 4.51. The largest absolute Gasteiger partial charge is 0.480 e. The maximum atomic E-state index is 12.7. The summed E-state index contributed by atoms with van der Waals surface area (Å²) in [4.78, 5) is 37.8. The van der Waals surface area contributed by atoms with Crippen LogP contribution < -0.4 is 5.32 Å². The Balaban J connectivity index is 1.25. The predicted octanol–water partition coefficient (Wildman–Crippen LogP) is 2.74. The Kier molecular flexibility index (Phi) is 4.27. The van der Waals surface area contributed by atoms with Crippen LogP contribution >= 0.6 is 0 Å². The van der Waals surface area contributed by atoms with Crippen LogP contribution in [0, 0.1) is 0 Å². The number of ether oxygens (including phenoxy) is 1. The molecular weight excluding hydrogens is 384 g/mol. The third kappa shape index (κ3) is 2.93. The zero-order valence-electron chi connectivity index (χ0n) is 16.3. The molecule has 2 N–H and O–H groups in total. The zero-order chi connectivity index (χ0) is 20.9. The molecule has 5 rings (SSSR count). The summed E-state index contributed by atoms with van der Waals surface area (Å²) < 4.78 is 5.53. The van der Waals surface area contributed by atoms with E-state index in [1.165, 1.54) is 4.90 Å². The summed E-state index contributed by atoms with van der Waals surface area (Å²) in [5, 5.41) is 11.9. The number of hydrogen-bond acceptors (Lipinski definition) is 4. The molecule has 0 radical (unpaired) electrons. The first-order chi connectivity index (χ1) is 14.5. The van der Waals surface area contributed by atoms with Gasteiger partial charge in [0, 0.05) is 12.5 Å². The van der Waals surface area contributed by atoms with E-state index in [1.54, 1.807) is 0 Å². The Morgan fingerprint density at radius 2 is 1.63 bits per heavy atom. The van der Waals surface area contributed by atoms with E-state index >= 15 is 0 Å². The summed E-state index contributed by atoms with van der Waals surface area (Å²) in [6.45, 7) is 0.579. The standard InChI is InChI=1S/C23H22N2O5/c26-20(27)19-9-12-25(19)21(28)23(10-11-23)24-22(29)30-13-18-16-7-3-1-5-14(16)15-6-2-4-8-17(15)18/h1-8,18-19H,9-13H2,(H,24,29)(H,26,27). The van der Waals surface area contributed by atoms with Crippen LogP contribution in [0.4, 0.5) is 4.79 Å². The fourth-order valence-electron chi connectivity index (χ4n) is 4.51. The second-order valence-electron chi connectivity index (χ2n) is 8.17. The number of nitrogens with one attached hydrogen (secondary N) is 1. The quantitative estimate of drug-likeness (QED) is 0.796. The van der Waals surface area contributed by atoms with Gasteiger partial charge in [-0.3, -0.25) is 4.79 Å². The van der Waals surface area contributed by atoms with E-state index in [4.69, 9.17) is 4.74 Å². The molecule has 1 saturated carbocycles. The molecule has 1 atom stereocenters. The average molecular weight is 406 g/mol. The van der Waals surface area contributed by atoms with E-state index in [0.29, 0.717) is 25.8 Å². The maximum absolute atomic E-state index is 12.7. The van der Waals surface area contributed by atoms with Crippen molar-refractivity contribution in [1.82, 2.24) is 10.2 Å². The second kappa shape index (κ2) is 6.86. The van der Waals surface area contributed by atoms with E-state index in [9.17, 15) is 19.5 Å². The highest BCUT2D eigenvalue weighted by Crippen LogP contribution is 2.45. The normalized spacial score (nSPS) is 20.5. The van der Waals surface area contributed by atoms with Crippen molar-refractivity contribution in [2.45, 2.75) is 36.8 Å². The molecule has 0 spiro atoms. The van der Waals surface area contributed by atoms with Crippen molar-refractivity contribution < 1.29 is 24.2 Å². The molecule has 3 aliphatic rings. The van der Waals surface area contributed by atoms with Crippen LogP contribution in [-0.2, 0) is 14.3 Å². The van der Waals surface area contributed by atoms with Gasteiger partial charge in [0.05, 0.1) is 0 Å². The van der Waals surface area contributed by atoms with E-state index in [1.807, 2.05) is 36.4 Å². The second-order valence-corrected chi connectivity index (χ2v) is 8.17.